The van der Waals surface area contributed by atoms with Gasteiger partial charge in [-0.25, -0.2) is 0 Å². The summed E-state index contributed by atoms with van der Waals surface area (Å²) in [5.41, 5.74) is 2.38. The van der Waals surface area contributed by atoms with Crippen LogP contribution in [-0.2, 0) is 11.3 Å². The van der Waals surface area contributed by atoms with Gasteiger partial charge in [-0.1, -0.05) is 68.4 Å². The maximum atomic E-state index is 13.4. The molecule has 3 heterocycles. The molecule has 0 radical (unpaired) electrons. The Balaban J connectivity index is 1.69. The molecule has 2 fully saturated rings. The number of rotatable bonds is 9. The molecule has 38 heavy (non-hydrogen) atoms. The molecule has 2 aliphatic heterocycles. The summed E-state index contributed by atoms with van der Waals surface area (Å²) in [4.78, 5) is 33.5. The zero-order valence-corrected chi connectivity index (χ0v) is 24.0. The van der Waals surface area contributed by atoms with Crippen molar-refractivity contribution in [1.82, 2.24) is 9.47 Å². The van der Waals surface area contributed by atoms with Gasteiger partial charge in [0.25, 0.3) is 11.5 Å². The zero-order valence-electron chi connectivity index (χ0n) is 22.4. The van der Waals surface area contributed by atoms with Crippen LogP contribution < -0.4 is 15.4 Å². The lowest BCUT2D eigenvalue weighted by atomic mass is 10.0. The number of carbonyl (C=O) groups excluding carboxylic acids is 1. The Kier molecular flexibility index (Phi) is 9.29. The van der Waals surface area contributed by atoms with E-state index in [2.05, 4.69) is 34.9 Å². The summed E-state index contributed by atoms with van der Waals surface area (Å²) in [5, 5.41) is 9.84. The van der Waals surface area contributed by atoms with E-state index in [1.54, 1.807) is 16.4 Å². The quantitative estimate of drug-likeness (QED) is 0.243. The van der Waals surface area contributed by atoms with Crippen LogP contribution in [0, 0.1) is 18.3 Å². The molecule has 200 valence electrons. The van der Waals surface area contributed by atoms with E-state index in [1.165, 1.54) is 17.4 Å². The number of nitriles is 1. The molecule has 0 unspecified atom stereocenters. The Morgan fingerprint density at radius 3 is 2.34 bits per heavy atom. The van der Waals surface area contributed by atoms with Gasteiger partial charge >= 0.3 is 0 Å². The van der Waals surface area contributed by atoms with Crippen LogP contribution in [0.4, 0.5) is 11.5 Å². The van der Waals surface area contributed by atoms with Crippen LogP contribution in [-0.4, -0.2) is 52.4 Å². The van der Waals surface area contributed by atoms with Crippen molar-refractivity contribution in [2.45, 2.75) is 53.0 Å². The number of thiocarbonyl (C=S) groups is 1. The maximum absolute atomic E-state index is 13.4. The summed E-state index contributed by atoms with van der Waals surface area (Å²) in [5.74, 6) is 0.679. The Hall–Kier alpha value is -3.09. The lowest BCUT2D eigenvalue weighted by molar-refractivity contribution is -0.122. The number of para-hydroxylation sites is 1. The molecule has 7 nitrogen and oxygen atoms in total. The summed E-state index contributed by atoms with van der Waals surface area (Å²) in [6.07, 6.45) is 6.11. The number of piperazine rings is 1. The topological polar surface area (TPSA) is 72.6 Å². The normalized spacial score (nSPS) is 17.0. The second-order valence-corrected chi connectivity index (χ2v) is 11.3. The van der Waals surface area contributed by atoms with Crippen LogP contribution in [0.25, 0.3) is 6.08 Å². The highest BCUT2D eigenvalue weighted by atomic mass is 32.2. The molecule has 0 spiro atoms. The number of hydrogen-bond acceptors (Lipinski definition) is 7. The van der Waals surface area contributed by atoms with Gasteiger partial charge in [0.15, 0.2) is 0 Å². The van der Waals surface area contributed by atoms with Crippen LogP contribution in [0.2, 0.25) is 0 Å². The molecule has 1 amide bonds. The highest BCUT2D eigenvalue weighted by Crippen LogP contribution is 2.36. The Morgan fingerprint density at radius 1 is 1.03 bits per heavy atom. The summed E-state index contributed by atoms with van der Waals surface area (Å²) in [6, 6.07) is 12.4. The second-order valence-electron chi connectivity index (χ2n) is 9.60. The molecule has 2 aliphatic rings. The van der Waals surface area contributed by atoms with Gasteiger partial charge in [-0.15, -0.1) is 0 Å². The van der Waals surface area contributed by atoms with Crippen molar-refractivity contribution in [3.05, 3.63) is 62.3 Å². The second kappa shape index (κ2) is 12.6. The standard InChI is InChI=1S/C29H35N5O2S2/c1-4-6-7-11-14-34-28(36)25(38-29(34)37)19-23-21(3)24(20-30)27(35)33(5-2)26(23)32-17-15-31(16-18-32)22-12-9-8-10-13-22/h8-10,12-13,19H,4-7,11,14-18H2,1-3H3. The number of nitrogens with zero attached hydrogens (tertiary/aromatic N) is 5. The van der Waals surface area contributed by atoms with E-state index in [0.717, 1.165) is 63.2 Å². The number of aromatic nitrogens is 1. The Bertz CT molecular complexity index is 1320. The van der Waals surface area contributed by atoms with Gasteiger partial charge in [0.05, 0.1) is 4.91 Å². The summed E-state index contributed by atoms with van der Waals surface area (Å²) in [7, 11) is 0. The predicted molar refractivity (Wildman–Crippen MR) is 161 cm³/mol. The minimum absolute atomic E-state index is 0.0940. The molecule has 1 aromatic heterocycles. The minimum Gasteiger partial charge on any atom is -0.368 e. The van der Waals surface area contributed by atoms with Gasteiger partial charge in [-0.3, -0.25) is 19.1 Å². The van der Waals surface area contributed by atoms with Gasteiger partial charge < -0.3 is 9.80 Å². The van der Waals surface area contributed by atoms with Crippen molar-refractivity contribution in [2.75, 3.05) is 42.5 Å². The monoisotopic (exact) mass is 549 g/mol. The van der Waals surface area contributed by atoms with Gasteiger partial charge in [-0.05, 0) is 44.0 Å². The molecule has 0 atom stereocenters. The first-order valence-corrected chi connectivity index (χ1v) is 14.6. The number of benzene rings is 1. The maximum Gasteiger partial charge on any atom is 0.270 e. The van der Waals surface area contributed by atoms with Gasteiger partial charge in [-0.2, -0.15) is 5.26 Å². The predicted octanol–water partition coefficient (Wildman–Crippen LogP) is 5.16. The first-order valence-electron chi connectivity index (χ1n) is 13.4. The highest BCUT2D eigenvalue weighted by Gasteiger charge is 2.33. The minimum atomic E-state index is -0.284. The fraction of sp³-hybridized carbons (Fsp3) is 0.448. The lowest BCUT2D eigenvalue weighted by Gasteiger charge is -2.39. The van der Waals surface area contributed by atoms with Gasteiger partial charge in [0.1, 0.15) is 21.8 Å². The third-order valence-electron chi connectivity index (χ3n) is 7.25. The fourth-order valence-electron chi connectivity index (χ4n) is 5.11. The van der Waals surface area contributed by atoms with E-state index in [9.17, 15) is 14.9 Å². The zero-order chi connectivity index (χ0) is 27.2. The molecule has 1 aromatic carbocycles. The highest BCUT2D eigenvalue weighted by molar-refractivity contribution is 8.26. The van der Waals surface area contributed by atoms with Crippen molar-refractivity contribution in [3.63, 3.8) is 0 Å². The fourth-order valence-corrected chi connectivity index (χ4v) is 6.40. The molecule has 2 aromatic rings. The lowest BCUT2D eigenvalue weighted by Crippen LogP contribution is -2.48. The molecular formula is C29H35N5O2S2. The molecule has 0 bridgehead atoms. The van der Waals surface area contributed by atoms with Crippen LogP contribution in [0.15, 0.2) is 40.0 Å². The van der Waals surface area contributed by atoms with Crippen molar-refractivity contribution >= 4 is 51.8 Å². The largest absolute Gasteiger partial charge is 0.368 e. The Morgan fingerprint density at radius 2 is 1.71 bits per heavy atom. The van der Waals surface area contributed by atoms with E-state index in [4.69, 9.17) is 12.2 Å². The SMILES string of the molecule is CCCCCCN1C(=O)C(=Cc2c(C)c(C#N)c(=O)n(CC)c2N2CCN(c3ccccc3)CC2)SC1=S. The number of carbonyl (C=O) groups is 1. The molecule has 0 aliphatic carbocycles. The smallest absolute Gasteiger partial charge is 0.270 e. The van der Waals surface area contributed by atoms with Crippen LogP contribution >= 0.6 is 24.0 Å². The number of pyridine rings is 1. The first-order chi connectivity index (χ1) is 18.4. The molecule has 0 saturated carbocycles. The van der Waals surface area contributed by atoms with Crippen LogP contribution in [0.5, 0.6) is 0 Å². The van der Waals surface area contributed by atoms with Crippen molar-refractivity contribution in [3.8, 4) is 6.07 Å². The molecular weight excluding hydrogens is 514 g/mol. The Labute approximate surface area is 234 Å². The van der Waals surface area contributed by atoms with E-state index in [-0.39, 0.29) is 17.0 Å². The van der Waals surface area contributed by atoms with E-state index in [1.807, 2.05) is 31.2 Å². The average Bonchev–Trinajstić information content (AvgIpc) is 3.20. The summed E-state index contributed by atoms with van der Waals surface area (Å²) < 4.78 is 2.25. The number of hydrogen-bond donors (Lipinski definition) is 0. The van der Waals surface area contributed by atoms with Crippen molar-refractivity contribution in [1.29, 1.82) is 5.26 Å². The van der Waals surface area contributed by atoms with E-state index >= 15 is 0 Å². The average molecular weight is 550 g/mol. The van der Waals surface area contributed by atoms with Crippen LogP contribution in [0.3, 0.4) is 0 Å². The number of anilines is 2. The molecule has 9 heteroatoms. The van der Waals surface area contributed by atoms with Gasteiger partial charge in [0.2, 0.25) is 0 Å². The summed E-state index contributed by atoms with van der Waals surface area (Å²) in [6.45, 7) is 9.99. The molecule has 0 N–H and O–H groups in total. The van der Waals surface area contributed by atoms with Crippen molar-refractivity contribution < 1.29 is 4.79 Å². The van der Waals surface area contributed by atoms with E-state index < -0.39 is 0 Å². The molecule has 4 rings (SSSR count). The third-order valence-corrected chi connectivity index (χ3v) is 8.63. The van der Waals surface area contributed by atoms with Gasteiger partial charge in [0, 0.05) is 50.5 Å². The van der Waals surface area contributed by atoms with E-state index in [0.29, 0.717) is 27.9 Å². The number of amides is 1. The first kappa shape index (κ1) is 27.9. The molecule has 2 saturated heterocycles. The van der Waals surface area contributed by atoms with Crippen molar-refractivity contribution in [2.24, 2.45) is 0 Å². The summed E-state index contributed by atoms with van der Waals surface area (Å²) >= 11 is 6.87. The van der Waals surface area contributed by atoms with Crippen LogP contribution in [0.1, 0.15) is 56.2 Å². The number of unbranched alkanes of at least 4 members (excludes halogenated alkanes) is 3. The number of thioether (sulfide) groups is 1. The third kappa shape index (κ3) is 5.67.